The average Bonchev–Trinajstić information content (AvgIpc) is 3.21. The maximum absolute atomic E-state index is 10.8. The van der Waals surface area contributed by atoms with Crippen LogP contribution in [-0.2, 0) is 4.79 Å². The Morgan fingerprint density at radius 1 is 1.27 bits per heavy atom. The minimum absolute atomic E-state index is 0.229. The number of anilines is 1. The third-order valence-electron chi connectivity index (χ3n) is 7.58. The van der Waals surface area contributed by atoms with Crippen LogP contribution in [0.3, 0.4) is 0 Å². The maximum atomic E-state index is 10.8. The van der Waals surface area contributed by atoms with Gasteiger partial charge in [0.15, 0.2) is 11.3 Å². The summed E-state index contributed by atoms with van der Waals surface area (Å²) >= 11 is 12.5. The molecule has 2 aromatic heterocycles. The largest absolute Gasteiger partial charge is 0.481 e. The minimum Gasteiger partial charge on any atom is -0.481 e. The number of carbonyl (C=O) groups is 1. The number of piperidine rings is 1. The number of hydrogen-bond donors (Lipinski definition) is 1. The standard InChI is InChI=1S/C26H29Cl2N7O2/c1-16(20-7-6-19(27)10-21(20)28)35-26-25(22(11-29)32-35)30-12-23(31-26)34-14-18(15-34)17-4-2-8-33(13-17)9-3-5-24(36)37/h6-7,10,12,16-18H,2-5,8-9,13-15H2,1H3,(H,36,37)/t16-,17-/m1/s1. The zero-order valence-corrected chi connectivity index (χ0v) is 22.2. The smallest absolute Gasteiger partial charge is 0.303 e. The van der Waals surface area contributed by atoms with Gasteiger partial charge in [-0.15, -0.1) is 0 Å². The topological polar surface area (TPSA) is 111 Å². The van der Waals surface area contributed by atoms with Gasteiger partial charge in [-0.2, -0.15) is 10.4 Å². The van der Waals surface area contributed by atoms with E-state index in [-0.39, 0.29) is 18.2 Å². The highest BCUT2D eigenvalue weighted by Gasteiger charge is 2.36. The fraction of sp³-hybridized carbons (Fsp3) is 0.500. The number of hydrogen-bond acceptors (Lipinski definition) is 7. The molecule has 1 N–H and O–H groups in total. The first kappa shape index (κ1) is 25.7. The molecule has 0 aliphatic carbocycles. The molecule has 194 valence electrons. The van der Waals surface area contributed by atoms with Crippen molar-refractivity contribution in [3.8, 4) is 6.07 Å². The fourth-order valence-corrected chi connectivity index (χ4v) is 6.07. The van der Waals surface area contributed by atoms with Gasteiger partial charge in [0.25, 0.3) is 0 Å². The van der Waals surface area contributed by atoms with Crippen LogP contribution in [0.4, 0.5) is 5.82 Å². The van der Waals surface area contributed by atoms with E-state index in [1.54, 1.807) is 23.0 Å². The quantitative estimate of drug-likeness (QED) is 0.439. The van der Waals surface area contributed by atoms with E-state index in [0.717, 1.165) is 50.5 Å². The summed E-state index contributed by atoms with van der Waals surface area (Å²) in [5.41, 5.74) is 2.10. The van der Waals surface area contributed by atoms with Crippen LogP contribution in [0.5, 0.6) is 0 Å². The first-order valence-corrected chi connectivity index (χ1v) is 13.4. The highest BCUT2D eigenvalue weighted by Crippen LogP contribution is 2.35. The fourth-order valence-electron chi connectivity index (χ4n) is 5.50. The monoisotopic (exact) mass is 541 g/mol. The van der Waals surface area contributed by atoms with Crippen molar-refractivity contribution < 1.29 is 9.90 Å². The van der Waals surface area contributed by atoms with Crippen molar-refractivity contribution in [1.82, 2.24) is 24.6 Å². The molecule has 2 aliphatic heterocycles. The number of aromatic nitrogens is 4. The summed E-state index contributed by atoms with van der Waals surface area (Å²) in [6, 6.07) is 7.21. The molecule has 2 aliphatic rings. The van der Waals surface area contributed by atoms with Crippen LogP contribution in [0.2, 0.25) is 10.0 Å². The summed E-state index contributed by atoms with van der Waals surface area (Å²) in [6.07, 6.45) is 5.01. The molecule has 0 saturated carbocycles. The van der Waals surface area contributed by atoms with E-state index in [2.05, 4.69) is 26.0 Å². The Labute approximate surface area is 225 Å². The van der Waals surface area contributed by atoms with Gasteiger partial charge in [0.05, 0.1) is 12.2 Å². The van der Waals surface area contributed by atoms with Crippen LogP contribution in [-0.4, -0.2) is 68.4 Å². The third-order valence-corrected chi connectivity index (χ3v) is 8.15. The number of likely N-dealkylation sites (tertiary alicyclic amines) is 1. The zero-order valence-electron chi connectivity index (χ0n) is 20.6. The van der Waals surface area contributed by atoms with Gasteiger partial charge >= 0.3 is 5.97 Å². The van der Waals surface area contributed by atoms with Crippen molar-refractivity contribution >= 4 is 46.2 Å². The second-order valence-corrected chi connectivity index (χ2v) is 10.9. The number of carboxylic acids is 1. The second kappa shape index (κ2) is 10.8. The third kappa shape index (κ3) is 5.37. The molecule has 4 heterocycles. The number of nitrogens with zero attached hydrogens (tertiary/aromatic N) is 7. The van der Waals surface area contributed by atoms with Crippen molar-refractivity contribution in [2.24, 2.45) is 11.8 Å². The molecule has 37 heavy (non-hydrogen) atoms. The minimum atomic E-state index is -0.727. The molecule has 2 atom stereocenters. The van der Waals surface area contributed by atoms with Gasteiger partial charge in [0.2, 0.25) is 0 Å². The molecule has 3 aromatic rings. The molecule has 2 saturated heterocycles. The normalized spacial score (nSPS) is 19.5. The van der Waals surface area contributed by atoms with E-state index < -0.39 is 5.97 Å². The van der Waals surface area contributed by atoms with Crippen molar-refractivity contribution in [3.05, 3.63) is 45.7 Å². The molecule has 0 bridgehead atoms. The van der Waals surface area contributed by atoms with E-state index in [1.807, 2.05) is 13.0 Å². The Hall–Kier alpha value is -2.93. The van der Waals surface area contributed by atoms with Gasteiger partial charge in [-0.25, -0.2) is 14.6 Å². The van der Waals surface area contributed by atoms with E-state index in [9.17, 15) is 10.1 Å². The Morgan fingerprint density at radius 2 is 2.08 bits per heavy atom. The van der Waals surface area contributed by atoms with E-state index >= 15 is 0 Å². The van der Waals surface area contributed by atoms with E-state index in [4.69, 9.17) is 33.3 Å². The lowest BCUT2D eigenvalue weighted by molar-refractivity contribution is -0.137. The van der Waals surface area contributed by atoms with Crippen LogP contribution in [0.25, 0.3) is 11.2 Å². The van der Waals surface area contributed by atoms with Crippen LogP contribution in [0.1, 0.15) is 49.9 Å². The summed E-state index contributed by atoms with van der Waals surface area (Å²) in [6.45, 7) is 6.71. The number of nitriles is 1. The number of carboxylic acid groups (broad SMARTS) is 1. The summed E-state index contributed by atoms with van der Waals surface area (Å²) < 4.78 is 1.72. The molecular weight excluding hydrogens is 513 g/mol. The predicted octanol–water partition coefficient (Wildman–Crippen LogP) is 4.63. The SMILES string of the molecule is C[C@H](c1ccc(Cl)cc1Cl)n1nc(C#N)c2ncc(N3CC([C@@H]4CCCN(CCCC(=O)O)C4)C3)nc21. The molecular formula is C26H29Cl2N7O2. The van der Waals surface area contributed by atoms with Gasteiger partial charge in [0, 0.05) is 36.1 Å². The summed E-state index contributed by atoms with van der Waals surface area (Å²) in [5, 5.41) is 24.1. The molecule has 11 heteroatoms. The van der Waals surface area contributed by atoms with Gasteiger partial charge in [-0.05, 0) is 68.8 Å². The van der Waals surface area contributed by atoms with Gasteiger partial charge in [0.1, 0.15) is 17.4 Å². The number of fused-ring (bicyclic) bond motifs is 1. The molecule has 0 radical (unpaired) electrons. The van der Waals surface area contributed by atoms with Crippen molar-refractivity contribution in [3.63, 3.8) is 0 Å². The molecule has 0 spiro atoms. The molecule has 2 fully saturated rings. The molecule has 5 rings (SSSR count). The average molecular weight is 542 g/mol. The molecule has 0 amide bonds. The summed E-state index contributed by atoms with van der Waals surface area (Å²) in [5.74, 6) is 1.23. The highest BCUT2D eigenvalue weighted by atomic mass is 35.5. The Balaban J connectivity index is 1.30. The Bertz CT molecular complexity index is 1350. The first-order chi connectivity index (χ1) is 17.8. The molecule has 9 nitrogen and oxygen atoms in total. The van der Waals surface area contributed by atoms with Crippen LogP contribution in [0.15, 0.2) is 24.4 Å². The summed E-state index contributed by atoms with van der Waals surface area (Å²) in [7, 11) is 0. The van der Waals surface area contributed by atoms with E-state index in [0.29, 0.717) is 39.5 Å². The van der Waals surface area contributed by atoms with Crippen LogP contribution >= 0.6 is 23.2 Å². The zero-order chi connectivity index (χ0) is 26.1. The predicted molar refractivity (Wildman–Crippen MR) is 142 cm³/mol. The number of halogens is 2. The summed E-state index contributed by atoms with van der Waals surface area (Å²) in [4.78, 5) is 24.9. The van der Waals surface area contributed by atoms with Crippen LogP contribution in [0, 0.1) is 23.2 Å². The molecule has 1 aromatic carbocycles. The van der Waals surface area contributed by atoms with Crippen LogP contribution < -0.4 is 4.90 Å². The highest BCUT2D eigenvalue weighted by molar-refractivity contribution is 6.35. The maximum Gasteiger partial charge on any atom is 0.303 e. The number of rotatable bonds is 8. The number of aliphatic carboxylic acids is 1. The van der Waals surface area contributed by atoms with Gasteiger partial charge in [-0.3, -0.25) is 4.79 Å². The Morgan fingerprint density at radius 3 is 2.81 bits per heavy atom. The molecule has 0 unspecified atom stereocenters. The first-order valence-electron chi connectivity index (χ1n) is 12.6. The van der Waals surface area contributed by atoms with Crippen molar-refractivity contribution in [2.45, 2.75) is 38.6 Å². The van der Waals surface area contributed by atoms with Crippen molar-refractivity contribution in [2.75, 3.05) is 37.6 Å². The number of benzene rings is 1. The second-order valence-electron chi connectivity index (χ2n) is 10.0. The van der Waals surface area contributed by atoms with Crippen molar-refractivity contribution in [1.29, 1.82) is 5.26 Å². The van der Waals surface area contributed by atoms with Gasteiger partial charge < -0.3 is 14.9 Å². The lowest BCUT2D eigenvalue weighted by Crippen LogP contribution is -2.54. The van der Waals surface area contributed by atoms with E-state index in [1.165, 1.54) is 6.42 Å². The van der Waals surface area contributed by atoms with Gasteiger partial charge in [-0.1, -0.05) is 29.3 Å². The lowest BCUT2D eigenvalue weighted by Gasteiger charge is -2.47. The lowest BCUT2D eigenvalue weighted by atomic mass is 9.80. The Kier molecular flexibility index (Phi) is 7.52.